The van der Waals surface area contributed by atoms with Crippen molar-refractivity contribution in [3.8, 4) is 0 Å². The molecule has 0 aliphatic rings. The minimum Gasteiger partial charge on any atom is -0.354 e. The molecule has 2 aromatic carbocycles. The molecule has 0 aromatic heterocycles. The van der Waals surface area contributed by atoms with E-state index in [2.05, 4.69) is 16.0 Å². The largest absolute Gasteiger partial charge is 0.354 e. The van der Waals surface area contributed by atoms with Crippen LogP contribution >= 0.6 is 0 Å². The molecule has 2 rings (SSSR count). The predicted octanol–water partition coefficient (Wildman–Crippen LogP) is 2.29. The molecule has 0 bridgehead atoms. The van der Waals surface area contributed by atoms with E-state index in [4.69, 9.17) is 0 Å². The van der Waals surface area contributed by atoms with Crippen molar-refractivity contribution in [3.63, 3.8) is 0 Å². The van der Waals surface area contributed by atoms with E-state index in [0.717, 1.165) is 11.1 Å². The van der Waals surface area contributed by atoms with Crippen LogP contribution < -0.4 is 16.0 Å². The van der Waals surface area contributed by atoms with E-state index >= 15 is 0 Å². The lowest BCUT2D eigenvalue weighted by Gasteiger charge is -2.09. The third-order valence-electron chi connectivity index (χ3n) is 3.66. The zero-order valence-electron chi connectivity index (χ0n) is 14.1. The summed E-state index contributed by atoms with van der Waals surface area (Å²) >= 11 is 0. The third-order valence-corrected chi connectivity index (χ3v) is 3.66. The van der Waals surface area contributed by atoms with Gasteiger partial charge in [0.15, 0.2) is 0 Å². The number of amides is 3. The number of benzene rings is 2. The second-order valence-electron chi connectivity index (χ2n) is 5.71. The number of urea groups is 1. The van der Waals surface area contributed by atoms with Crippen LogP contribution in [0.25, 0.3) is 0 Å². The highest BCUT2D eigenvalue weighted by molar-refractivity contribution is 5.83. The number of aryl methyl sites for hydroxylation is 1. The van der Waals surface area contributed by atoms with Gasteiger partial charge in [-0.1, -0.05) is 48.0 Å². The molecule has 5 nitrogen and oxygen atoms in total. The lowest BCUT2D eigenvalue weighted by atomic mass is 10.1. The molecule has 0 radical (unpaired) electrons. The molecule has 0 spiro atoms. The average Bonchev–Trinajstić information content (AvgIpc) is 2.61. The highest BCUT2D eigenvalue weighted by Gasteiger charge is 2.06. The van der Waals surface area contributed by atoms with Gasteiger partial charge in [0.2, 0.25) is 5.91 Å². The molecule has 0 saturated heterocycles. The summed E-state index contributed by atoms with van der Waals surface area (Å²) in [4.78, 5) is 23.4. The predicted molar refractivity (Wildman–Crippen MR) is 94.5 cm³/mol. The van der Waals surface area contributed by atoms with Crippen LogP contribution in [0, 0.1) is 12.7 Å². The van der Waals surface area contributed by atoms with Crippen molar-refractivity contribution in [2.75, 3.05) is 13.1 Å². The van der Waals surface area contributed by atoms with Crippen LogP contribution in [-0.2, 0) is 17.8 Å². The van der Waals surface area contributed by atoms with Crippen molar-refractivity contribution >= 4 is 11.9 Å². The molecule has 132 valence electrons. The summed E-state index contributed by atoms with van der Waals surface area (Å²) in [5.41, 5.74) is 2.68. The summed E-state index contributed by atoms with van der Waals surface area (Å²) in [6.07, 6.45) is 0.401. The maximum absolute atomic E-state index is 13.4. The van der Waals surface area contributed by atoms with Crippen molar-refractivity contribution in [2.24, 2.45) is 0 Å². The Balaban J connectivity index is 1.61. The van der Waals surface area contributed by atoms with Gasteiger partial charge in [-0.25, -0.2) is 9.18 Å². The molecule has 25 heavy (non-hydrogen) atoms. The van der Waals surface area contributed by atoms with Gasteiger partial charge in [-0.15, -0.1) is 0 Å². The van der Waals surface area contributed by atoms with Crippen molar-refractivity contribution < 1.29 is 14.0 Å². The molecule has 0 saturated carbocycles. The van der Waals surface area contributed by atoms with Crippen LogP contribution in [0.15, 0.2) is 48.5 Å². The van der Waals surface area contributed by atoms with Gasteiger partial charge in [0, 0.05) is 13.1 Å². The Hall–Kier alpha value is -2.89. The van der Waals surface area contributed by atoms with E-state index in [1.54, 1.807) is 18.2 Å². The van der Waals surface area contributed by atoms with Crippen LogP contribution in [0.5, 0.6) is 0 Å². The number of carbonyl (C=O) groups is 2. The molecular weight excluding hydrogens is 321 g/mol. The Labute approximate surface area is 146 Å². The lowest BCUT2D eigenvalue weighted by Crippen LogP contribution is -2.42. The lowest BCUT2D eigenvalue weighted by molar-refractivity contribution is -0.120. The van der Waals surface area contributed by atoms with Gasteiger partial charge >= 0.3 is 6.03 Å². The molecule has 0 heterocycles. The fourth-order valence-corrected chi connectivity index (χ4v) is 2.21. The first-order chi connectivity index (χ1) is 12.0. The van der Waals surface area contributed by atoms with E-state index < -0.39 is 6.03 Å². The number of hydrogen-bond donors (Lipinski definition) is 3. The van der Waals surface area contributed by atoms with Crippen LogP contribution in [0.1, 0.15) is 16.7 Å². The molecule has 3 N–H and O–H groups in total. The normalized spacial score (nSPS) is 10.2. The molecule has 0 aliphatic carbocycles. The molecule has 0 unspecified atom stereocenters. The van der Waals surface area contributed by atoms with Gasteiger partial charge in [0.05, 0.1) is 6.54 Å². The molecule has 3 amide bonds. The molecule has 0 atom stereocenters. The molecule has 0 aliphatic heterocycles. The maximum Gasteiger partial charge on any atom is 0.315 e. The Bertz CT molecular complexity index is 717. The van der Waals surface area contributed by atoms with E-state index in [1.165, 1.54) is 6.07 Å². The molecular formula is C19H22FN3O2. The zero-order chi connectivity index (χ0) is 18.1. The fraction of sp³-hybridized carbons (Fsp3) is 0.263. The Kier molecular flexibility index (Phi) is 6.95. The number of carbonyl (C=O) groups excluding carboxylic acids is 2. The second kappa shape index (κ2) is 9.42. The maximum atomic E-state index is 13.4. The van der Waals surface area contributed by atoms with E-state index in [0.29, 0.717) is 25.1 Å². The van der Waals surface area contributed by atoms with Gasteiger partial charge in [-0.05, 0) is 30.5 Å². The summed E-state index contributed by atoms with van der Waals surface area (Å²) in [5, 5.41) is 7.82. The Morgan fingerprint density at radius 2 is 1.68 bits per heavy atom. The van der Waals surface area contributed by atoms with Gasteiger partial charge in [0.25, 0.3) is 0 Å². The number of hydrogen-bond acceptors (Lipinski definition) is 2. The first-order valence-electron chi connectivity index (χ1n) is 8.12. The van der Waals surface area contributed by atoms with Gasteiger partial charge in [0.1, 0.15) is 5.82 Å². The monoisotopic (exact) mass is 343 g/mol. The summed E-state index contributed by atoms with van der Waals surface area (Å²) in [7, 11) is 0. The minimum absolute atomic E-state index is 0.128. The van der Waals surface area contributed by atoms with Crippen molar-refractivity contribution in [2.45, 2.75) is 19.9 Å². The Morgan fingerprint density at radius 3 is 2.40 bits per heavy atom. The standard InChI is InChI=1S/C19H22FN3O2/c1-14-6-8-15(9-7-14)12-22-19(25)23-13-18(24)21-11-10-16-4-2-3-5-17(16)20/h2-9H,10-13H2,1H3,(H,21,24)(H2,22,23,25). The number of rotatable bonds is 7. The van der Waals surface area contributed by atoms with E-state index in [9.17, 15) is 14.0 Å². The van der Waals surface area contributed by atoms with Crippen LogP contribution in [0.4, 0.5) is 9.18 Å². The zero-order valence-corrected chi connectivity index (χ0v) is 14.1. The van der Waals surface area contributed by atoms with Crippen LogP contribution in [0.3, 0.4) is 0 Å². The van der Waals surface area contributed by atoms with E-state index in [-0.39, 0.29) is 18.3 Å². The smallest absolute Gasteiger partial charge is 0.315 e. The van der Waals surface area contributed by atoms with Gasteiger partial charge < -0.3 is 16.0 Å². The van der Waals surface area contributed by atoms with E-state index in [1.807, 2.05) is 31.2 Å². The Morgan fingerprint density at radius 1 is 0.960 bits per heavy atom. The first-order valence-corrected chi connectivity index (χ1v) is 8.12. The minimum atomic E-state index is -0.412. The molecule has 2 aromatic rings. The summed E-state index contributed by atoms with van der Waals surface area (Å²) in [5.74, 6) is -0.604. The highest BCUT2D eigenvalue weighted by Crippen LogP contribution is 2.06. The topological polar surface area (TPSA) is 70.2 Å². The van der Waals surface area contributed by atoms with Crippen molar-refractivity contribution in [3.05, 3.63) is 71.0 Å². The van der Waals surface area contributed by atoms with Crippen molar-refractivity contribution in [1.29, 1.82) is 0 Å². The van der Waals surface area contributed by atoms with Gasteiger partial charge in [-0.3, -0.25) is 4.79 Å². The first kappa shape index (κ1) is 18.4. The number of nitrogens with one attached hydrogen (secondary N) is 3. The van der Waals surface area contributed by atoms with Gasteiger partial charge in [-0.2, -0.15) is 0 Å². The number of halogens is 1. The quantitative estimate of drug-likeness (QED) is 0.722. The summed E-state index contributed by atoms with van der Waals surface area (Å²) < 4.78 is 13.4. The third kappa shape index (κ3) is 6.63. The van der Waals surface area contributed by atoms with Crippen LogP contribution in [-0.4, -0.2) is 25.0 Å². The summed E-state index contributed by atoms with van der Waals surface area (Å²) in [6.45, 7) is 2.57. The molecule has 0 fully saturated rings. The molecule has 6 heteroatoms. The van der Waals surface area contributed by atoms with Crippen LogP contribution in [0.2, 0.25) is 0 Å². The summed E-state index contributed by atoms with van der Waals surface area (Å²) in [6, 6.07) is 13.8. The average molecular weight is 343 g/mol. The van der Waals surface area contributed by atoms with Crippen molar-refractivity contribution in [1.82, 2.24) is 16.0 Å². The highest BCUT2D eigenvalue weighted by atomic mass is 19.1. The fourth-order valence-electron chi connectivity index (χ4n) is 2.21. The second-order valence-corrected chi connectivity index (χ2v) is 5.71. The SMILES string of the molecule is Cc1ccc(CNC(=O)NCC(=O)NCCc2ccccc2F)cc1.